The zero-order chi connectivity index (χ0) is 8.10. The zero-order valence-electron chi connectivity index (χ0n) is 7.29. The maximum absolute atomic E-state index is 5.44. The number of halogens is 1. The van der Waals surface area contributed by atoms with Gasteiger partial charge in [0.05, 0.1) is 0 Å². The summed E-state index contributed by atoms with van der Waals surface area (Å²) in [6.45, 7) is 2.19. The van der Waals surface area contributed by atoms with E-state index in [-0.39, 0.29) is 12.4 Å². The second-order valence-corrected chi connectivity index (χ2v) is 2.69. The molecular weight excluding hydrogens is 172 g/mol. The van der Waals surface area contributed by atoms with Crippen molar-refractivity contribution in [2.24, 2.45) is 0 Å². The normalized spacial score (nSPS) is 9.08. The smallest absolute Gasteiger partial charge is 0.123 e. The topological polar surface area (TPSA) is 38.9 Å². The number of hydrogen-bond acceptors (Lipinski definition) is 2. The number of unbranched alkanes of at least 4 members (excludes halogenated alkanes) is 1. The first-order valence-electron chi connectivity index (χ1n) is 4.03. The Morgan fingerprint density at radius 3 is 2.67 bits per heavy atom. The molecule has 2 nitrogen and oxygen atoms in total. The summed E-state index contributed by atoms with van der Waals surface area (Å²) in [5, 5.41) is 0. The van der Waals surface area contributed by atoms with E-state index in [1.54, 1.807) is 0 Å². The lowest BCUT2D eigenvalue weighted by atomic mass is 10.1. The molecule has 12 heavy (non-hydrogen) atoms. The van der Waals surface area contributed by atoms with Gasteiger partial charge in [0.25, 0.3) is 0 Å². The van der Waals surface area contributed by atoms with Crippen molar-refractivity contribution < 1.29 is 0 Å². The van der Waals surface area contributed by atoms with Crippen molar-refractivity contribution in [1.82, 2.24) is 4.98 Å². The van der Waals surface area contributed by atoms with E-state index in [0.29, 0.717) is 5.82 Å². The monoisotopic (exact) mass is 186 g/mol. The third-order valence-electron chi connectivity index (χ3n) is 1.67. The van der Waals surface area contributed by atoms with Gasteiger partial charge in [-0.3, -0.25) is 0 Å². The van der Waals surface area contributed by atoms with E-state index in [0.717, 1.165) is 6.42 Å². The first-order valence-corrected chi connectivity index (χ1v) is 4.03. The van der Waals surface area contributed by atoms with Crippen molar-refractivity contribution >= 4 is 18.2 Å². The lowest BCUT2D eigenvalue weighted by Gasteiger charge is -1.98. The summed E-state index contributed by atoms with van der Waals surface area (Å²) in [4.78, 5) is 4.01. The summed E-state index contributed by atoms with van der Waals surface area (Å²) in [6, 6.07) is 3.89. The van der Waals surface area contributed by atoms with Gasteiger partial charge in [-0.2, -0.15) is 0 Å². The number of nitrogens with two attached hydrogens (primary N) is 1. The molecule has 1 rings (SSSR count). The summed E-state index contributed by atoms with van der Waals surface area (Å²) in [6.07, 6.45) is 5.42. The van der Waals surface area contributed by atoms with Crippen LogP contribution < -0.4 is 5.73 Å². The summed E-state index contributed by atoms with van der Waals surface area (Å²) >= 11 is 0. The third-order valence-corrected chi connectivity index (χ3v) is 1.67. The minimum absolute atomic E-state index is 0. The quantitative estimate of drug-likeness (QED) is 0.788. The van der Waals surface area contributed by atoms with Gasteiger partial charge in [0.15, 0.2) is 0 Å². The maximum atomic E-state index is 5.44. The molecule has 0 amide bonds. The van der Waals surface area contributed by atoms with E-state index in [1.807, 2.05) is 18.3 Å². The number of aryl methyl sites for hydroxylation is 1. The summed E-state index contributed by atoms with van der Waals surface area (Å²) in [7, 11) is 0. The Balaban J connectivity index is 0.00000121. The van der Waals surface area contributed by atoms with Crippen LogP contribution in [0.25, 0.3) is 0 Å². The molecule has 3 heteroatoms. The van der Waals surface area contributed by atoms with E-state index in [2.05, 4.69) is 11.9 Å². The Morgan fingerprint density at radius 2 is 2.17 bits per heavy atom. The van der Waals surface area contributed by atoms with Crippen molar-refractivity contribution in [2.75, 3.05) is 5.73 Å². The number of anilines is 1. The van der Waals surface area contributed by atoms with Crippen LogP contribution in [0.1, 0.15) is 25.3 Å². The Kier molecular flexibility index (Phi) is 5.47. The average molecular weight is 187 g/mol. The van der Waals surface area contributed by atoms with Crippen molar-refractivity contribution in [1.29, 1.82) is 0 Å². The second-order valence-electron chi connectivity index (χ2n) is 2.69. The molecule has 1 aromatic heterocycles. The van der Waals surface area contributed by atoms with Crippen LogP contribution in [0.4, 0.5) is 5.82 Å². The van der Waals surface area contributed by atoms with Crippen LogP contribution >= 0.6 is 12.4 Å². The van der Waals surface area contributed by atoms with Gasteiger partial charge >= 0.3 is 0 Å². The van der Waals surface area contributed by atoms with Crippen LogP contribution in [0, 0.1) is 0 Å². The van der Waals surface area contributed by atoms with E-state index in [1.165, 1.54) is 18.4 Å². The molecule has 0 spiro atoms. The van der Waals surface area contributed by atoms with Crippen molar-refractivity contribution in [3.63, 3.8) is 0 Å². The molecule has 0 atom stereocenters. The van der Waals surface area contributed by atoms with E-state index in [9.17, 15) is 0 Å². The molecule has 1 heterocycles. The van der Waals surface area contributed by atoms with Crippen LogP contribution in [0.2, 0.25) is 0 Å². The zero-order valence-corrected chi connectivity index (χ0v) is 8.10. The van der Waals surface area contributed by atoms with Crippen LogP contribution in [0.3, 0.4) is 0 Å². The number of nitrogen functional groups attached to an aromatic ring is 1. The molecule has 0 aliphatic heterocycles. The van der Waals surface area contributed by atoms with Crippen LogP contribution in [0.5, 0.6) is 0 Å². The molecule has 68 valence electrons. The number of hydrogen-bond donors (Lipinski definition) is 1. The molecule has 2 N–H and O–H groups in total. The predicted molar refractivity (Wildman–Crippen MR) is 54.5 cm³/mol. The van der Waals surface area contributed by atoms with Gasteiger partial charge in [0.1, 0.15) is 5.82 Å². The van der Waals surface area contributed by atoms with Crippen LogP contribution in [-0.2, 0) is 6.42 Å². The fraction of sp³-hybridized carbons (Fsp3) is 0.444. The molecule has 1 aromatic rings. The Bertz CT molecular complexity index is 208. The standard InChI is InChI=1S/C9H14N2.ClH/c1-2-3-4-8-5-6-9(10)11-7-8;/h5-7H,2-4H2,1H3,(H2,10,11);1H. The highest BCUT2D eigenvalue weighted by atomic mass is 35.5. The Labute approximate surface area is 79.6 Å². The fourth-order valence-electron chi connectivity index (χ4n) is 0.965. The largest absolute Gasteiger partial charge is 0.384 e. The number of nitrogens with zero attached hydrogens (tertiary/aromatic N) is 1. The van der Waals surface area contributed by atoms with Gasteiger partial charge in [0, 0.05) is 6.20 Å². The molecule has 0 radical (unpaired) electrons. The first-order chi connectivity index (χ1) is 5.33. The summed E-state index contributed by atoms with van der Waals surface area (Å²) in [5.41, 5.74) is 6.72. The Morgan fingerprint density at radius 1 is 1.42 bits per heavy atom. The van der Waals surface area contributed by atoms with Crippen LogP contribution in [0.15, 0.2) is 18.3 Å². The molecule has 0 saturated heterocycles. The lowest BCUT2D eigenvalue weighted by Crippen LogP contribution is -1.91. The van der Waals surface area contributed by atoms with E-state index < -0.39 is 0 Å². The van der Waals surface area contributed by atoms with Gasteiger partial charge in [0.2, 0.25) is 0 Å². The van der Waals surface area contributed by atoms with Gasteiger partial charge in [-0.15, -0.1) is 12.4 Å². The minimum atomic E-state index is 0. The highest BCUT2D eigenvalue weighted by Gasteiger charge is 1.91. The first kappa shape index (κ1) is 11.2. The molecule has 0 fully saturated rings. The fourth-order valence-corrected chi connectivity index (χ4v) is 0.965. The van der Waals surface area contributed by atoms with E-state index in [4.69, 9.17) is 5.73 Å². The van der Waals surface area contributed by atoms with Gasteiger partial charge in [-0.25, -0.2) is 4.98 Å². The Hall–Kier alpha value is -0.760. The molecule has 0 aliphatic carbocycles. The summed E-state index contributed by atoms with van der Waals surface area (Å²) < 4.78 is 0. The minimum Gasteiger partial charge on any atom is -0.384 e. The maximum Gasteiger partial charge on any atom is 0.123 e. The van der Waals surface area contributed by atoms with Gasteiger partial charge < -0.3 is 5.73 Å². The number of pyridine rings is 1. The van der Waals surface area contributed by atoms with Gasteiger partial charge in [-0.05, 0) is 24.5 Å². The van der Waals surface area contributed by atoms with Crippen molar-refractivity contribution in [2.45, 2.75) is 26.2 Å². The van der Waals surface area contributed by atoms with Crippen molar-refractivity contribution in [3.8, 4) is 0 Å². The SMILES string of the molecule is CCCCc1ccc(N)nc1.Cl. The molecule has 0 unspecified atom stereocenters. The van der Waals surface area contributed by atoms with Crippen molar-refractivity contribution in [3.05, 3.63) is 23.9 Å². The molecule has 0 aromatic carbocycles. The second kappa shape index (κ2) is 5.84. The number of aromatic nitrogens is 1. The average Bonchev–Trinajstić information content (AvgIpc) is 2.04. The molecular formula is C9H15ClN2. The highest BCUT2D eigenvalue weighted by Crippen LogP contribution is 2.04. The lowest BCUT2D eigenvalue weighted by molar-refractivity contribution is 0.792. The van der Waals surface area contributed by atoms with E-state index >= 15 is 0 Å². The third kappa shape index (κ3) is 3.58. The molecule has 0 saturated carbocycles. The predicted octanol–water partition coefficient (Wildman–Crippen LogP) is 2.43. The number of rotatable bonds is 3. The molecule has 0 bridgehead atoms. The molecule has 0 aliphatic rings. The van der Waals surface area contributed by atoms with Gasteiger partial charge in [-0.1, -0.05) is 19.4 Å². The van der Waals surface area contributed by atoms with Crippen LogP contribution in [-0.4, -0.2) is 4.98 Å². The summed E-state index contributed by atoms with van der Waals surface area (Å²) in [5.74, 6) is 0.602. The highest BCUT2D eigenvalue weighted by molar-refractivity contribution is 5.85.